The number of anilines is 1. The molecule has 0 unspecified atom stereocenters. The molecule has 0 saturated carbocycles. The summed E-state index contributed by atoms with van der Waals surface area (Å²) in [6.07, 6.45) is 1.72. The maximum atomic E-state index is 5.72. The lowest BCUT2D eigenvalue weighted by molar-refractivity contribution is 0.284. The van der Waals surface area contributed by atoms with Gasteiger partial charge in [-0.15, -0.1) is 0 Å². The van der Waals surface area contributed by atoms with Gasteiger partial charge in [0.25, 0.3) is 0 Å². The van der Waals surface area contributed by atoms with Crippen LogP contribution in [0.15, 0.2) is 6.20 Å². The summed E-state index contributed by atoms with van der Waals surface area (Å²) in [5.74, 6) is 0. The monoisotopic (exact) mass is 196 g/mol. The van der Waals surface area contributed by atoms with Crippen molar-refractivity contribution >= 4 is 5.69 Å². The van der Waals surface area contributed by atoms with Crippen LogP contribution in [0.4, 0.5) is 5.69 Å². The molecule has 1 rings (SSSR count). The Bertz CT molecular complexity index is 276. The first-order chi connectivity index (χ1) is 6.69. The highest BCUT2D eigenvalue weighted by molar-refractivity contribution is 5.39. The molecule has 0 aliphatic carbocycles. The van der Waals surface area contributed by atoms with Crippen molar-refractivity contribution < 1.29 is 0 Å². The van der Waals surface area contributed by atoms with Gasteiger partial charge in [-0.05, 0) is 20.0 Å². The quantitative estimate of drug-likeness (QED) is 0.767. The molecule has 0 aromatic carbocycles. The first-order valence-electron chi connectivity index (χ1n) is 5.19. The minimum absolute atomic E-state index is 0.782. The van der Waals surface area contributed by atoms with Crippen molar-refractivity contribution in [2.24, 2.45) is 0 Å². The molecule has 0 radical (unpaired) electrons. The largest absolute Gasteiger partial charge is 0.396 e. The zero-order valence-corrected chi connectivity index (χ0v) is 9.32. The van der Waals surface area contributed by atoms with E-state index in [-0.39, 0.29) is 0 Å². The molecule has 14 heavy (non-hydrogen) atoms. The standard InChI is InChI=1S/C10H20N4/c1-4-13(5-2)6-7-14-9(3)10(11)8-12-14/h8H,4-7,11H2,1-3H3. The van der Waals surface area contributed by atoms with Gasteiger partial charge in [-0.25, -0.2) is 0 Å². The van der Waals surface area contributed by atoms with Crippen LogP contribution in [0.25, 0.3) is 0 Å². The van der Waals surface area contributed by atoms with Crippen molar-refractivity contribution in [3.63, 3.8) is 0 Å². The average molecular weight is 196 g/mol. The van der Waals surface area contributed by atoms with Crippen molar-refractivity contribution in [2.75, 3.05) is 25.4 Å². The Labute approximate surface area is 85.7 Å². The van der Waals surface area contributed by atoms with Crippen LogP contribution in [0.5, 0.6) is 0 Å². The van der Waals surface area contributed by atoms with Crippen LogP contribution in [0.2, 0.25) is 0 Å². The predicted molar refractivity (Wildman–Crippen MR) is 59.2 cm³/mol. The van der Waals surface area contributed by atoms with E-state index in [1.807, 2.05) is 11.6 Å². The molecule has 1 aromatic rings. The lowest BCUT2D eigenvalue weighted by Crippen LogP contribution is -2.27. The van der Waals surface area contributed by atoms with E-state index in [9.17, 15) is 0 Å². The molecule has 2 N–H and O–H groups in total. The molecule has 0 bridgehead atoms. The summed E-state index contributed by atoms with van der Waals surface area (Å²) < 4.78 is 1.97. The lowest BCUT2D eigenvalue weighted by atomic mass is 10.4. The first-order valence-corrected chi connectivity index (χ1v) is 5.19. The Morgan fingerprint density at radius 2 is 2.07 bits per heavy atom. The Balaban J connectivity index is 2.49. The van der Waals surface area contributed by atoms with E-state index < -0.39 is 0 Å². The number of likely N-dealkylation sites (N-methyl/N-ethyl adjacent to an activating group) is 1. The van der Waals surface area contributed by atoms with Crippen LogP contribution in [0.3, 0.4) is 0 Å². The van der Waals surface area contributed by atoms with Gasteiger partial charge in [-0.2, -0.15) is 5.10 Å². The third kappa shape index (κ3) is 2.48. The van der Waals surface area contributed by atoms with E-state index in [4.69, 9.17) is 5.73 Å². The van der Waals surface area contributed by atoms with Crippen molar-refractivity contribution in [3.8, 4) is 0 Å². The molecule has 80 valence electrons. The fourth-order valence-electron chi connectivity index (χ4n) is 1.46. The highest BCUT2D eigenvalue weighted by Crippen LogP contribution is 2.07. The molecule has 0 amide bonds. The molecule has 0 aliphatic rings. The van der Waals surface area contributed by atoms with Gasteiger partial charge in [0.05, 0.1) is 24.1 Å². The van der Waals surface area contributed by atoms with Crippen LogP contribution < -0.4 is 5.73 Å². The predicted octanol–water partition coefficient (Wildman–Crippen LogP) is 1.12. The van der Waals surface area contributed by atoms with Gasteiger partial charge in [-0.3, -0.25) is 4.68 Å². The molecule has 0 fully saturated rings. The highest BCUT2D eigenvalue weighted by atomic mass is 15.3. The maximum Gasteiger partial charge on any atom is 0.0730 e. The summed E-state index contributed by atoms with van der Waals surface area (Å²) >= 11 is 0. The molecule has 1 heterocycles. The second-order valence-corrected chi connectivity index (χ2v) is 3.44. The fourth-order valence-corrected chi connectivity index (χ4v) is 1.46. The van der Waals surface area contributed by atoms with Gasteiger partial charge in [0.15, 0.2) is 0 Å². The molecule has 1 aromatic heterocycles. The Kier molecular flexibility index (Phi) is 3.95. The summed E-state index contributed by atoms with van der Waals surface area (Å²) in [6, 6.07) is 0. The second kappa shape index (κ2) is 5.00. The number of rotatable bonds is 5. The maximum absolute atomic E-state index is 5.72. The highest BCUT2D eigenvalue weighted by Gasteiger charge is 2.04. The van der Waals surface area contributed by atoms with E-state index in [1.54, 1.807) is 6.20 Å². The third-order valence-corrected chi connectivity index (χ3v) is 2.66. The van der Waals surface area contributed by atoms with E-state index in [0.717, 1.165) is 37.6 Å². The van der Waals surface area contributed by atoms with E-state index >= 15 is 0 Å². The van der Waals surface area contributed by atoms with Crippen LogP contribution >= 0.6 is 0 Å². The van der Waals surface area contributed by atoms with Crippen LogP contribution in [0, 0.1) is 6.92 Å². The molecular weight excluding hydrogens is 176 g/mol. The van der Waals surface area contributed by atoms with Crippen molar-refractivity contribution in [1.82, 2.24) is 14.7 Å². The molecular formula is C10H20N4. The van der Waals surface area contributed by atoms with Gasteiger partial charge >= 0.3 is 0 Å². The Morgan fingerprint density at radius 3 is 2.50 bits per heavy atom. The van der Waals surface area contributed by atoms with Crippen LogP contribution in [-0.4, -0.2) is 34.3 Å². The molecule has 0 aliphatic heterocycles. The van der Waals surface area contributed by atoms with Gasteiger partial charge < -0.3 is 10.6 Å². The topological polar surface area (TPSA) is 47.1 Å². The summed E-state index contributed by atoms with van der Waals surface area (Å²) in [6.45, 7) is 10.5. The van der Waals surface area contributed by atoms with Crippen LogP contribution in [-0.2, 0) is 6.54 Å². The number of nitrogens with zero attached hydrogens (tertiary/aromatic N) is 3. The Morgan fingerprint density at radius 1 is 1.43 bits per heavy atom. The van der Waals surface area contributed by atoms with Gasteiger partial charge in [-0.1, -0.05) is 13.8 Å². The minimum Gasteiger partial charge on any atom is -0.396 e. The smallest absolute Gasteiger partial charge is 0.0730 e. The van der Waals surface area contributed by atoms with Crippen molar-refractivity contribution in [1.29, 1.82) is 0 Å². The van der Waals surface area contributed by atoms with Crippen molar-refractivity contribution in [2.45, 2.75) is 27.3 Å². The third-order valence-electron chi connectivity index (χ3n) is 2.66. The van der Waals surface area contributed by atoms with E-state index in [2.05, 4.69) is 23.8 Å². The molecule has 0 saturated heterocycles. The SMILES string of the molecule is CCN(CC)CCn1ncc(N)c1C. The lowest BCUT2D eigenvalue weighted by Gasteiger charge is -2.18. The summed E-state index contributed by atoms with van der Waals surface area (Å²) in [4.78, 5) is 2.37. The molecule has 0 spiro atoms. The van der Waals surface area contributed by atoms with E-state index in [1.165, 1.54) is 0 Å². The number of nitrogen functional groups attached to an aromatic ring is 1. The van der Waals surface area contributed by atoms with Gasteiger partial charge in [0.2, 0.25) is 0 Å². The average Bonchev–Trinajstić information content (AvgIpc) is 2.51. The van der Waals surface area contributed by atoms with Gasteiger partial charge in [0, 0.05) is 6.54 Å². The number of aromatic nitrogens is 2. The summed E-state index contributed by atoms with van der Waals surface area (Å²) in [7, 11) is 0. The van der Waals surface area contributed by atoms with Gasteiger partial charge in [0.1, 0.15) is 0 Å². The zero-order valence-electron chi connectivity index (χ0n) is 9.32. The van der Waals surface area contributed by atoms with Crippen molar-refractivity contribution in [3.05, 3.63) is 11.9 Å². The summed E-state index contributed by atoms with van der Waals surface area (Å²) in [5, 5.41) is 4.22. The number of nitrogens with two attached hydrogens (primary N) is 1. The zero-order chi connectivity index (χ0) is 10.6. The molecule has 0 atom stereocenters. The first kappa shape index (κ1) is 11.0. The number of hydrogen-bond donors (Lipinski definition) is 1. The second-order valence-electron chi connectivity index (χ2n) is 3.44. The Hall–Kier alpha value is -1.03. The number of hydrogen-bond acceptors (Lipinski definition) is 3. The molecule has 4 heteroatoms. The fraction of sp³-hybridized carbons (Fsp3) is 0.700. The van der Waals surface area contributed by atoms with Crippen LogP contribution in [0.1, 0.15) is 19.5 Å². The minimum atomic E-state index is 0.782. The van der Waals surface area contributed by atoms with E-state index in [0.29, 0.717) is 0 Å². The summed E-state index contributed by atoms with van der Waals surface area (Å²) in [5.41, 5.74) is 7.56. The molecule has 4 nitrogen and oxygen atoms in total. The normalized spacial score (nSPS) is 11.1.